The number of aliphatic hydroxyl groups is 3. The molecule has 0 aliphatic carbocycles. The van der Waals surface area contributed by atoms with Gasteiger partial charge < -0.3 is 34.8 Å². The minimum Gasteiger partial charge on any atom is -0.402 e. The third-order valence-electron chi connectivity index (χ3n) is 5.34. The van der Waals surface area contributed by atoms with Crippen molar-refractivity contribution >= 4 is 13.1 Å². The molecule has 0 aromatic carbocycles. The van der Waals surface area contributed by atoms with Crippen molar-refractivity contribution < 1.29 is 39.6 Å². The van der Waals surface area contributed by atoms with Crippen LogP contribution in [0.3, 0.4) is 0 Å². The zero-order valence-corrected chi connectivity index (χ0v) is 19.3. The highest BCUT2D eigenvalue weighted by molar-refractivity contribution is 6.33. The van der Waals surface area contributed by atoms with Gasteiger partial charge in [-0.25, -0.2) is 0 Å². The second-order valence-corrected chi connectivity index (χ2v) is 8.23. The van der Waals surface area contributed by atoms with Crippen molar-refractivity contribution in [2.75, 3.05) is 19.8 Å². The molecule has 3 unspecified atom stereocenters. The molecule has 184 valence electrons. The van der Waals surface area contributed by atoms with Crippen molar-refractivity contribution in [3.8, 4) is 0 Å². The van der Waals surface area contributed by atoms with Crippen LogP contribution in [0.1, 0.15) is 96.8 Å². The smallest absolute Gasteiger partial charge is 0.402 e. The Morgan fingerprint density at radius 2 is 1.29 bits per heavy atom. The zero-order valence-electron chi connectivity index (χ0n) is 19.3. The van der Waals surface area contributed by atoms with E-state index in [1.807, 2.05) is 0 Å². The van der Waals surface area contributed by atoms with Crippen LogP contribution in [0.15, 0.2) is 0 Å². The van der Waals surface area contributed by atoms with Gasteiger partial charge in [-0.1, -0.05) is 84.0 Å². The average Bonchev–Trinajstić information content (AvgIpc) is 2.75. The molecular formula is C22H45BO8. The van der Waals surface area contributed by atoms with Crippen LogP contribution in [0.5, 0.6) is 0 Å². The van der Waals surface area contributed by atoms with Gasteiger partial charge in [0.15, 0.2) is 5.78 Å². The molecular weight excluding hydrogens is 403 g/mol. The molecule has 0 amide bonds. The maximum atomic E-state index is 12.4. The van der Waals surface area contributed by atoms with E-state index in [1.54, 1.807) is 0 Å². The fourth-order valence-electron chi connectivity index (χ4n) is 3.48. The lowest BCUT2D eigenvalue weighted by molar-refractivity contribution is -0.142. The van der Waals surface area contributed by atoms with Gasteiger partial charge in [0.25, 0.3) is 0 Å². The molecule has 0 fully saturated rings. The summed E-state index contributed by atoms with van der Waals surface area (Å²) in [6.07, 6.45) is 12.0. The van der Waals surface area contributed by atoms with Gasteiger partial charge >= 0.3 is 7.32 Å². The third-order valence-corrected chi connectivity index (χ3v) is 5.34. The fourth-order valence-corrected chi connectivity index (χ4v) is 3.48. The first kappa shape index (κ1) is 30.5. The molecule has 0 bridgehead atoms. The number of aliphatic hydroxyl groups excluding tert-OH is 3. The Hall–Kier alpha value is -0.545. The highest BCUT2D eigenvalue weighted by atomic mass is 16.6. The lowest BCUT2D eigenvalue weighted by atomic mass is 10.0. The summed E-state index contributed by atoms with van der Waals surface area (Å²) < 4.78 is 10.0. The summed E-state index contributed by atoms with van der Waals surface area (Å²) >= 11 is 0. The highest BCUT2D eigenvalue weighted by Crippen LogP contribution is 2.15. The topological polar surface area (TPSA) is 137 Å². The van der Waals surface area contributed by atoms with E-state index in [-0.39, 0.29) is 13.0 Å². The number of ketones is 1. The summed E-state index contributed by atoms with van der Waals surface area (Å²) in [4.78, 5) is 12.4. The molecule has 0 heterocycles. The van der Waals surface area contributed by atoms with E-state index in [4.69, 9.17) is 24.5 Å². The highest BCUT2D eigenvalue weighted by Gasteiger charge is 2.33. The second-order valence-electron chi connectivity index (χ2n) is 8.23. The van der Waals surface area contributed by atoms with Gasteiger partial charge in [-0.3, -0.25) is 4.79 Å². The number of unbranched alkanes of at least 4 members (excludes halogenated alkanes) is 12. The van der Waals surface area contributed by atoms with Crippen LogP contribution >= 0.6 is 0 Å². The molecule has 0 rings (SSSR count). The maximum Gasteiger partial charge on any atom is 0.634 e. The van der Waals surface area contributed by atoms with Crippen molar-refractivity contribution in [3.05, 3.63) is 0 Å². The lowest BCUT2D eigenvalue weighted by Gasteiger charge is -2.26. The van der Waals surface area contributed by atoms with Gasteiger partial charge in [0.05, 0.1) is 19.8 Å². The summed E-state index contributed by atoms with van der Waals surface area (Å²) in [6.45, 7) is 0.795. The monoisotopic (exact) mass is 448 g/mol. The van der Waals surface area contributed by atoms with Crippen molar-refractivity contribution in [2.45, 2.75) is 115 Å². The SMILES string of the molecule is CCCCCCCCCCCCCCCC(=O)C(OB(O)O)C(CO)OCC(O)CO. The Kier molecular flexibility index (Phi) is 20.9. The number of hydrogen-bond donors (Lipinski definition) is 5. The Balaban J connectivity index is 3.99. The van der Waals surface area contributed by atoms with E-state index in [0.717, 1.165) is 19.3 Å². The number of carbonyl (C=O) groups excluding carboxylic acids is 1. The summed E-state index contributed by atoms with van der Waals surface area (Å²) in [5.74, 6) is -0.395. The number of Topliss-reactive ketones (excluding diaryl/α,β-unsaturated/α-hetero) is 1. The minimum atomic E-state index is -2.18. The van der Waals surface area contributed by atoms with Crippen molar-refractivity contribution in [1.82, 2.24) is 0 Å². The summed E-state index contributed by atoms with van der Waals surface area (Å²) in [6, 6.07) is 0. The molecule has 0 aliphatic rings. The first-order chi connectivity index (χ1) is 15.0. The van der Waals surface area contributed by atoms with Crippen LogP contribution in [0.25, 0.3) is 0 Å². The lowest BCUT2D eigenvalue weighted by Crippen LogP contribution is -2.45. The van der Waals surface area contributed by atoms with E-state index in [1.165, 1.54) is 57.8 Å². The molecule has 0 aromatic rings. The van der Waals surface area contributed by atoms with Crippen molar-refractivity contribution in [2.24, 2.45) is 0 Å². The van der Waals surface area contributed by atoms with E-state index in [2.05, 4.69) is 6.92 Å². The fraction of sp³-hybridized carbons (Fsp3) is 0.955. The first-order valence-corrected chi connectivity index (χ1v) is 12.0. The van der Waals surface area contributed by atoms with E-state index in [9.17, 15) is 15.0 Å². The molecule has 9 heteroatoms. The molecule has 0 saturated carbocycles. The Morgan fingerprint density at radius 1 is 0.806 bits per heavy atom. The third kappa shape index (κ3) is 17.7. The predicted octanol–water partition coefficient (Wildman–Crippen LogP) is 2.12. The standard InChI is InChI=1S/C22H45BO8/c1-2-3-4-5-6-7-8-9-10-11-12-13-14-15-20(27)22(31-23(28)29)21(17-25)30-18-19(26)16-24/h19,21-22,24-26,28-29H,2-18H2,1H3. The van der Waals surface area contributed by atoms with Crippen LogP contribution in [-0.2, 0) is 14.2 Å². The summed E-state index contributed by atoms with van der Waals surface area (Å²) in [5.41, 5.74) is 0. The molecule has 5 N–H and O–H groups in total. The van der Waals surface area contributed by atoms with Gasteiger partial charge in [-0.15, -0.1) is 0 Å². The molecule has 8 nitrogen and oxygen atoms in total. The van der Waals surface area contributed by atoms with Gasteiger partial charge in [-0.05, 0) is 6.42 Å². The predicted molar refractivity (Wildman–Crippen MR) is 120 cm³/mol. The number of ether oxygens (including phenoxy) is 1. The Labute approximate surface area is 188 Å². The van der Waals surface area contributed by atoms with Crippen molar-refractivity contribution in [3.63, 3.8) is 0 Å². The molecule has 31 heavy (non-hydrogen) atoms. The van der Waals surface area contributed by atoms with Gasteiger partial charge in [-0.2, -0.15) is 0 Å². The van der Waals surface area contributed by atoms with Gasteiger partial charge in [0, 0.05) is 6.42 Å². The minimum absolute atomic E-state index is 0.178. The molecule has 0 aromatic heterocycles. The first-order valence-electron chi connectivity index (χ1n) is 12.0. The van der Waals surface area contributed by atoms with Crippen LogP contribution in [0.4, 0.5) is 0 Å². The summed E-state index contributed by atoms with van der Waals surface area (Å²) in [7, 11) is -2.18. The molecule has 3 atom stereocenters. The number of hydrogen-bond acceptors (Lipinski definition) is 8. The Morgan fingerprint density at radius 3 is 1.71 bits per heavy atom. The van der Waals surface area contributed by atoms with E-state index >= 15 is 0 Å². The van der Waals surface area contributed by atoms with Crippen molar-refractivity contribution in [1.29, 1.82) is 0 Å². The van der Waals surface area contributed by atoms with E-state index < -0.39 is 44.6 Å². The zero-order chi connectivity index (χ0) is 23.3. The van der Waals surface area contributed by atoms with Gasteiger partial charge in [0.1, 0.15) is 18.3 Å². The molecule has 0 saturated heterocycles. The van der Waals surface area contributed by atoms with Crippen LogP contribution < -0.4 is 0 Å². The van der Waals surface area contributed by atoms with E-state index in [0.29, 0.717) is 6.42 Å². The quantitative estimate of drug-likeness (QED) is 0.118. The van der Waals surface area contributed by atoms with Crippen LogP contribution in [0, 0.1) is 0 Å². The van der Waals surface area contributed by atoms with Crippen LogP contribution in [0.2, 0.25) is 0 Å². The second kappa shape index (κ2) is 21.3. The largest absolute Gasteiger partial charge is 0.634 e. The normalized spacial score (nSPS) is 14.4. The average molecular weight is 448 g/mol. The maximum absolute atomic E-state index is 12.4. The number of rotatable bonds is 23. The Bertz CT molecular complexity index is 411. The molecule has 0 spiro atoms. The van der Waals surface area contributed by atoms with Gasteiger partial charge in [0.2, 0.25) is 0 Å². The molecule has 0 aliphatic heterocycles. The molecule has 0 radical (unpaired) electrons. The summed E-state index contributed by atoms with van der Waals surface area (Å²) in [5, 5.41) is 45.8. The van der Waals surface area contributed by atoms with Crippen LogP contribution in [-0.4, -0.2) is 76.6 Å². The number of carbonyl (C=O) groups is 1.